The first-order valence-electron chi connectivity index (χ1n) is 7.04. The molecule has 0 fully saturated rings. The summed E-state index contributed by atoms with van der Waals surface area (Å²) in [5.41, 5.74) is 8.19. The molecule has 0 heterocycles. The zero-order valence-electron chi connectivity index (χ0n) is 12.3. The van der Waals surface area contributed by atoms with Gasteiger partial charge in [0, 0.05) is 0 Å². The molecule has 0 saturated carbocycles. The first kappa shape index (κ1) is 13.7. The van der Waals surface area contributed by atoms with Gasteiger partial charge < -0.3 is 10.5 Å². The van der Waals surface area contributed by atoms with Crippen LogP contribution in [-0.4, -0.2) is 7.11 Å². The zero-order chi connectivity index (χ0) is 14.9. The van der Waals surface area contributed by atoms with Crippen LogP contribution in [0.1, 0.15) is 18.1 Å². The fourth-order valence-electron chi connectivity index (χ4n) is 2.63. The van der Waals surface area contributed by atoms with Crippen LogP contribution in [0.15, 0.2) is 66.7 Å². The van der Waals surface area contributed by atoms with Gasteiger partial charge in [-0.25, -0.2) is 0 Å². The molecule has 1 atom stereocenters. The van der Waals surface area contributed by atoms with E-state index in [2.05, 4.69) is 30.3 Å². The van der Waals surface area contributed by atoms with Crippen molar-refractivity contribution in [3.63, 3.8) is 0 Å². The van der Waals surface area contributed by atoms with Gasteiger partial charge in [-0.05, 0) is 47.0 Å². The average molecular weight is 277 g/mol. The van der Waals surface area contributed by atoms with Crippen LogP contribution in [-0.2, 0) is 5.54 Å². The van der Waals surface area contributed by atoms with Crippen LogP contribution in [0.3, 0.4) is 0 Å². The maximum absolute atomic E-state index is 6.62. The molecule has 106 valence electrons. The van der Waals surface area contributed by atoms with Crippen molar-refractivity contribution in [2.24, 2.45) is 5.73 Å². The summed E-state index contributed by atoms with van der Waals surface area (Å²) in [6, 6.07) is 22.6. The summed E-state index contributed by atoms with van der Waals surface area (Å²) in [7, 11) is 1.67. The van der Waals surface area contributed by atoms with Gasteiger partial charge in [0.1, 0.15) is 5.75 Å². The lowest BCUT2D eigenvalue weighted by Gasteiger charge is -2.26. The summed E-state index contributed by atoms with van der Waals surface area (Å²) in [6.07, 6.45) is 0. The van der Waals surface area contributed by atoms with E-state index in [9.17, 15) is 0 Å². The molecule has 0 amide bonds. The molecule has 0 spiro atoms. The third-order valence-corrected chi connectivity index (χ3v) is 4.02. The van der Waals surface area contributed by atoms with Gasteiger partial charge in [0.15, 0.2) is 0 Å². The maximum atomic E-state index is 6.62. The summed E-state index contributed by atoms with van der Waals surface area (Å²) in [6.45, 7) is 2.03. The Hall–Kier alpha value is -2.32. The van der Waals surface area contributed by atoms with E-state index in [1.54, 1.807) is 7.11 Å². The minimum atomic E-state index is -0.557. The molecule has 0 aliphatic heterocycles. The van der Waals surface area contributed by atoms with Crippen LogP contribution in [0.25, 0.3) is 10.8 Å². The van der Waals surface area contributed by atoms with E-state index in [1.807, 2.05) is 43.3 Å². The fraction of sp³-hybridized carbons (Fsp3) is 0.158. The lowest BCUT2D eigenvalue weighted by atomic mass is 9.84. The Morgan fingerprint density at radius 1 is 0.810 bits per heavy atom. The van der Waals surface area contributed by atoms with E-state index >= 15 is 0 Å². The summed E-state index contributed by atoms with van der Waals surface area (Å²) >= 11 is 0. The highest BCUT2D eigenvalue weighted by molar-refractivity contribution is 5.83. The molecule has 0 aliphatic carbocycles. The quantitative estimate of drug-likeness (QED) is 0.783. The molecule has 21 heavy (non-hydrogen) atoms. The minimum absolute atomic E-state index is 0.557. The van der Waals surface area contributed by atoms with Gasteiger partial charge in [-0.2, -0.15) is 0 Å². The van der Waals surface area contributed by atoms with Crippen molar-refractivity contribution in [1.82, 2.24) is 0 Å². The van der Waals surface area contributed by atoms with Crippen molar-refractivity contribution in [3.05, 3.63) is 77.9 Å². The Bertz CT molecular complexity index is 777. The molecule has 2 heteroatoms. The number of fused-ring (bicyclic) bond motifs is 1. The van der Waals surface area contributed by atoms with E-state index in [1.165, 1.54) is 10.8 Å². The van der Waals surface area contributed by atoms with Crippen molar-refractivity contribution in [2.45, 2.75) is 12.5 Å². The SMILES string of the molecule is COc1cccc(C(C)(N)c2ccc3ccccc3c2)c1. The van der Waals surface area contributed by atoms with Gasteiger partial charge in [-0.1, -0.05) is 48.5 Å². The summed E-state index contributed by atoms with van der Waals surface area (Å²) in [4.78, 5) is 0. The smallest absolute Gasteiger partial charge is 0.119 e. The predicted molar refractivity (Wildman–Crippen MR) is 87.6 cm³/mol. The maximum Gasteiger partial charge on any atom is 0.119 e. The highest BCUT2D eigenvalue weighted by atomic mass is 16.5. The monoisotopic (exact) mass is 277 g/mol. The minimum Gasteiger partial charge on any atom is -0.497 e. The standard InChI is InChI=1S/C19H19NO/c1-19(20,16-8-5-9-18(13-16)21-2)17-11-10-14-6-3-4-7-15(14)12-17/h3-13H,20H2,1-2H3. The Balaban J connectivity index is 2.09. The second-order valence-electron chi connectivity index (χ2n) is 5.50. The molecule has 2 nitrogen and oxygen atoms in total. The molecular weight excluding hydrogens is 258 g/mol. The summed E-state index contributed by atoms with van der Waals surface area (Å²) < 4.78 is 5.30. The normalized spacial score (nSPS) is 13.9. The summed E-state index contributed by atoms with van der Waals surface area (Å²) in [5.74, 6) is 0.824. The van der Waals surface area contributed by atoms with Crippen molar-refractivity contribution in [3.8, 4) is 5.75 Å². The Labute approximate surface area is 125 Å². The number of benzene rings is 3. The van der Waals surface area contributed by atoms with Crippen LogP contribution in [0, 0.1) is 0 Å². The van der Waals surface area contributed by atoms with E-state index in [4.69, 9.17) is 10.5 Å². The first-order valence-corrected chi connectivity index (χ1v) is 7.04. The second-order valence-corrected chi connectivity index (χ2v) is 5.50. The first-order chi connectivity index (χ1) is 10.1. The van der Waals surface area contributed by atoms with Gasteiger partial charge in [-0.3, -0.25) is 0 Å². The van der Waals surface area contributed by atoms with Crippen LogP contribution in [0.4, 0.5) is 0 Å². The number of ether oxygens (including phenoxy) is 1. The van der Waals surface area contributed by atoms with Crippen molar-refractivity contribution in [2.75, 3.05) is 7.11 Å². The molecule has 0 saturated heterocycles. The highest BCUT2D eigenvalue weighted by Gasteiger charge is 2.24. The Kier molecular flexibility index (Phi) is 3.40. The third-order valence-electron chi connectivity index (χ3n) is 4.02. The van der Waals surface area contributed by atoms with E-state index in [0.29, 0.717) is 0 Å². The van der Waals surface area contributed by atoms with Crippen LogP contribution in [0.5, 0.6) is 5.75 Å². The topological polar surface area (TPSA) is 35.2 Å². The molecule has 3 aromatic carbocycles. The number of hydrogen-bond acceptors (Lipinski definition) is 2. The third kappa shape index (κ3) is 2.50. The molecule has 0 bridgehead atoms. The van der Waals surface area contributed by atoms with E-state index in [0.717, 1.165) is 16.9 Å². The van der Waals surface area contributed by atoms with Gasteiger partial charge in [0.05, 0.1) is 12.6 Å². The highest BCUT2D eigenvalue weighted by Crippen LogP contribution is 2.30. The molecule has 0 radical (unpaired) electrons. The van der Waals surface area contributed by atoms with Gasteiger partial charge in [0.2, 0.25) is 0 Å². The molecule has 3 aromatic rings. The number of rotatable bonds is 3. The summed E-state index contributed by atoms with van der Waals surface area (Å²) in [5, 5.41) is 2.43. The Morgan fingerprint density at radius 2 is 1.52 bits per heavy atom. The largest absolute Gasteiger partial charge is 0.497 e. The number of nitrogens with two attached hydrogens (primary N) is 1. The van der Waals surface area contributed by atoms with Crippen LogP contribution < -0.4 is 10.5 Å². The van der Waals surface area contributed by atoms with Crippen molar-refractivity contribution in [1.29, 1.82) is 0 Å². The second kappa shape index (κ2) is 5.23. The molecule has 3 rings (SSSR count). The predicted octanol–water partition coefficient (Wildman–Crippen LogP) is 4.07. The van der Waals surface area contributed by atoms with Gasteiger partial charge in [0.25, 0.3) is 0 Å². The molecule has 1 unspecified atom stereocenters. The lowest BCUT2D eigenvalue weighted by molar-refractivity contribution is 0.413. The molecule has 0 aliphatic rings. The Morgan fingerprint density at radius 3 is 2.29 bits per heavy atom. The fourth-order valence-corrected chi connectivity index (χ4v) is 2.63. The number of hydrogen-bond donors (Lipinski definition) is 1. The van der Waals surface area contributed by atoms with Crippen LogP contribution in [0.2, 0.25) is 0 Å². The van der Waals surface area contributed by atoms with Crippen molar-refractivity contribution >= 4 is 10.8 Å². The molecular formula is C19H19NO. The van der Waals surface area contributed by atoms with E-state index < -0.39 is 5.54 Å². The average Bonchev–Trinajstić information content (AvgIpc) is 2.54. The van der Waals surface area contributed by atoms with Crippen LogP contribution >= 0.6 is 0 Å². The zero-order valence-corrected chi connectivity index (χ0v) is 12.3. The lowest BCUT2D eigenvalue weighted by Crippen LogP contribution is -2.34. The van der Waals surface area contributed by atoms with Gasteiger partial charge >= 0.3 is 0 Å². The molecule has 2 N–H and O–H groups in total. The molecule has 0 aromatic heterocycles. The van der Waals surface area contributed by atoms with Crippen molar-refractivity contribution < 1.29 is 4.74 Å². The van der Waals surface area contributed by atoms with Gasteiger partial charge in [-0.15, -0.1) is 0 Å². The van der Waals surface area contributed by atoms with E-state index in [-0.39, 0.29) is 0 Å². The number of methoxy groups -OCH3 is 1.